The van der Waals surface area contributed by atoms with Crippen LogP contribution in [0, 0.1) is 5.82 Å². The Labute approximate surface area is 147 Å². The lowest BCUT2D eigenvalue weighted by molar-refractivity contribution is -0.149. The summed E-state index contributed by atoms with van der Waals surface area (Å²) in [6.07, 6.45) is 0. The molecule has 2 rings (SSSR count). The monoisotopic (exact) mass is 371 g/mol. The van der Waals surface area contributed by atoms with Crippen LogP contribution in [0.5, 0.6) is 5.75 Å². The molecule has 126 valence electrons. The van der Waals surface area contributed by atoms with Crippen molar-refractivity contribution in [2.24, 2.45) is 0 Å². The molecular formula is C16H12Cl2FNO4. The van der Waals surface area contributed by atoms with Crippen molar-refractivity contribution in [3.63, 3.8) is 0 Å². The summed E-state index contributed by atoms with van der Waals surface area (Å²) in [4.78, 5) is 23.3. The van der Waals surface area contributed by atoms with Gasteiger partial charge in [-0.1, -0.05) is 29.3 Å². The number of ether oxygens (including phenoxy) is 2. The first-order valence-electron chi connectivity index (χ1n) is 6.73. The summed E-state index contributed by atoms with van der Waals surface area (Å²) in [6, 6.07) is 9.89. The zero-order valence-electron chi connectivity index (χ0n) is 12.2. The quantitative estimate of drug-likeness (QED) is 0.786. The van der Waals surface area contributed by atoms with Crippen molar-refractivity contribution >= 4 is 40.8 Å². The highest BCUT2D eigenvalue weighted by molar-refractivity contribution is 6.39. The van der Waals surface area contributed by atoms with E-state index in [-0.39, 0.29) is 15.7 Å². The maximum absolute atomic E-state index is 12.7. The molecule has 5 nitrogen and oxygen atoms in total. The SMILES string of the molecule is O=C(COC(=O)COc1ccc(F)cc1)Nc1c(Cl)cccc1Cl. The average molecular weight is 372 g/mol. The molecule has 2 aromatic rings. The molecule has 0 saturated heterocycles. The summed E-state index contributed by atoms with van der Waals surface area (Å²) in [7, 11) is 0. The van der Waals surface area contributed by atoms with E-state index in [2.05, 4.69) is 5.32 Å². The Hall–Kier alpha value is -2.31. The van der Waals surface area contributed by atoms with Gasteiger partial charge in [0, 0.05) is 0 Å². The Morgan fingerprint density at radius 3 is 2.25 bits per heavy atom. The topological polar surface area (TPSA) is 64.6 Å². The van der Waals surface area contributed by atoms with E-state index in [9.17, 15) is 14.0 Å². The van der Waals surface area contributed by atoms with E-state index in [0.717, 1.165) is 0 Å². The molecule has 0 saturated carbocycles. The van der Waals surface area contributed by atoms with Gasteiger partial charge in [0.25, 0.3) is 5.91 Å². The third kappa shape index (κ3) is 5.40. The number of halogens is 3. The summed E-state index contributed by atoms with van der Waals surface area (Å²) in [5.74, 6) is -1.46. The maximum atomic E-state index is 12.7. The third-order valence-electron chi connectivity index (χ3n) is 2.76. The number of esters is 1. The highest BCUT2D eigenvalue weighted by Gasteiger charge is 2.12. The van der Waals surface area contributed by atoms with Crippen molar-refractivity contribution in [1.29, 1.82) is 0 Å². The van der Waals surface area contributed by atoms with Crippen LogP contribution in [0.3, 0.4) is 0 Å². The van der Waals surface area contributed by atoms with Crippen molar-refractivity contribution in [3.8, 4) is 5.75 Å². The third-order valence-corrected chi connectivity index (χ3v) is 3.39. The van der Waals surface area contributed by atoms with Crippen LogP contribution in [0.4, 0.5) is 10.1 Å². The lowest BCUT2D eigenvalue weighted by Gasteiger charge is -2.10. The van der Waals surface area contributed by atoms with E-state index in [4.69, 9.17) is 32.7 Å². The van der Waals surface area contributed by atoms with Gasteiger partial charge in [-0.05, 0) is 36.4 Å². The normalized spacial score (nSPS) is 10.1. The van der Waals surface area contributed by atoms with E-state index in [1.807, 2.05) is 0 Å². The first kappa shape index (κ1) is 18.0. The van der Waals surface area contributed by atoms with E-state index in [1.165, 1.54) is 24.3 Å². The van der Waals surface area contributed by atoms with Gasteiger partial charge in [0.15, 0.2) is 13.2 Å². The molecule has 0 radical (unpaired) electrons. The van der Waals surface area contributed by atoms with Crippen molar-refractivity contribution in [3.05, 3.63) is 58.3 Å². The lowest BCUT2D eigenvalue weighted by Crippen LogP contribution is -2.23. The Balaban J connectivity index is 1.77. The van der Waals surface area contributed by atoms with Gasteiger partial charge >= 0.3 is 5.97 Å². The summed E-state index contributed by atoms with van der Waals surface area (Å²) < 4.78 is 22.6. The van der Waals surface area contributed by atoms with Crippen molar-refractivity contribution in [2.75, 3.05) is 18.5 Å². The Kier molecular flexibility index (Phi) is 6.40. The summed E-state index contributed by atoms with van der Waals surface area (Å²) in [6.45, 7) is -0.932. The molecule has 0 aromatic heterocycles. The number of nitrogens with one attached hydrogen (secondary N) is 1. The smallest absolute Gasteiger partial charge is 0.344 e. The molecule has 0 aliphatic carbocycles. The summed E-state index contributed by atoms with van der Waals surface area (Å²) in [5.41, 5.74) is 0.240. The second kappa shape index (κ2) is 8.52. The minimum absolute atomic E-state index is 0.240. The number of para-hydroxylation sites is 1. The largest absolute Gasteiger partial charge is 0.482 e. The van der Waals surface area contributed by atoms with Crippen LogP contribution in [-0.2, 0) is 14.3 Å². The lowest BCUT2D eigenvalue weighted by atomic mass is 10.3. The molecule has 0 fully saturated rings. The molecular weight excluding hydrogens is 360 g/mol. The van der Waals surface area contributed by atoms with Crippen LogP contribution in [-0.4, -0.2) is 25.1 Å². The van der Waals surface area contributed by atoms with Crippen LogP contribution in [0.2, 0.25) is 10.0 Å². The fraction of sp³-hybridized carbons (Fsp3) is 0.125. The van der Waals surface area contributed by atoms with Gasteiger partial charge in [-0.3, -0.25) is 4.79 Å². The van der Waals surface area contributed by atoms with Crippen molar-refractivity contribution < 1.29 is 23.5 Å². The van der Waals surface area contributed by atoms with Crippen LogP contribution >= 0.6 is 23.2 Å². The number of hydrogen-bond acceptors (Lipinski definition) is 4. The van der Waals surface area contributed by atoms with Crippen LogP contribution in [0.25, 0.3) is 0 Å². The molecule has 1 amide bonds. The summed E-state index contributed by atoms with van der Waals surface area (Å²) >= 11 is 11.8. The predicted octanol–water partition coefficient (Wildman–Crippen LogP) is 3.69. The first-order valence-corrected chi connectivity index (χ1v) is 7.49. The molecule has 0 heterocycles. The zero-order valence-corrected chi connectivity index (χ0v) is 13.7. The molecule has 0 aliphatic heterocycles. The Morgan fingerprint density at radius 1 is 1.00 bits per heavy atom. The Bertz CT molecular complexity index is 717. The van der Waals surface area contributed by atoms with Gasteiger partial charge in [-0.15, -0.1) is 0 Å². The number of benzene rings is 2. The number of carbonyl (C=O) groups is 2. The van der Waals surface area contributed by atoms with E-state index in [1.54, 1.807) is 18.2 Å². The Morgan fingerprint density at radius 2 is 1.62 bits per heavy atom. The molecule has 1 N–H and O–H groups in total. The van der Waals surface area contributed by atoms with E-state index < -0.39 is 30.9 Å². The molecule has 0 spiro atoms. The van der Waals surface area contributed by atoms with Crippen LogP contribution < -0.4 is 10.1 Å². The highest BCUT2D eigenvalue weighted by Crippen LogP contribution is 2.29. The number of anilines is 1. The zero-order chi connectivity index (χ0) is 17.5. The molecule has 2 aromatic carbocycles. The standard InChI is InChI=1S/C16H12Cl2FNO4/c17-12-2-1-3-13(18)16(12)20-14(21)8-24-15(22)9-23-11-6-4-10(19)5-7-11/h1-7H,8-9H2,(H,20,21). The minimum Gasteiger partial charge on any atom is -0.482 e. The van der Waals surface area contributed by atoms with Crippen molar-refractivity contribution in [2.45, 2.75) is 0 Å². The van der Waals surface area contributed by atoms with Crippen LogP contribution in [0.15, 0.2) is 42.5 Å². The predicted molar refractivity (Wildman–Crippen MR) is 87.9 cm³/mol. The van der Waals surface area contributed by atoms with Crippen LogP contribution in [0.1, 0.15) is 0 Å². The van der Waals surface area contributed by atoms with Gasteiger partial charge in [-0.2, -0.15) is 0 Å². The van der Waals surface area contributed by atoms with Gasteiger partial charge in [-0.25, -0.2) is 9.18 Å². The molecule has 0 unspecified atom stereocenters. The highest BCUT2D eigenvalue weighted by atomic mass is 35.5. The van der Waals surface area contributed by atoms with Crippen molar-refractivity contribution in [1.82, 2.24) is 0 Å². The maximum Gasteiger partial charge on any atom is 0.344 e. The fourth-order valence-electron chi connectivity index (χ4n) is 1.65. The molecule has 24 heavy (non-hydrogen) atoms. The summed E-state index contributed by atoms with van der Waals surface area (Å²) in [5, 5.41) is 2.98. The van der Waals surface area contributed by atoms with Gasteiger partial charge in [0.2, 0.25) is 0 Å². The van der Waals surface area contributed by atoms with E-state index >= 15 is 0 Å². The fourth-order valence-corrected chi connectivity index (χ4v) is 2.15. The second-order valence-electron chi connectivity index (χ2n) is 4.55. The van der Waals surface area contributed by atoms with Gasteiger partial charge in [0.1, 0.15) is 11.6 Å². The number of hydrogen-bond donors (Lipinski definition) is 1. The van der Waals surface area contributed by atoms with Gasteiger partial charge < -0.3 is 14.8 Å². The molecule has 0 bridgehead atoms. The first-order chi connectivity index (χ1) is 11.5. The molecule has 8 heteroatoms. The molecule has 0 aliphatic rings. The van der Waals surface area contributed by atoms with Gasteiger partial charge in [0.05, 0.1) is 15.7 Å². The number of carbonyl (C=O) groups excluding carboxylic acids is 2. The number of amides is 1. The van der Waals surface area contributed by atoms with E-state index in [0.29, 0.717) is 5.75 Å². The second-order valence-corrected chi connectivity index (χ2v) is 5.36. The molecule has 0 atom stereocenters. The number of rotatable bonds is 6. The minimum atomic E-state index is -0.750. The average Bonchev–Trinajstić information content (AvgIpc) is 2.56.